The summed E-state index contributed by atoms with van der Waals surface area (Å²) in [6.45, 7) is 5.06. The standard InChI is InChI=1S/C13H20N2OS2/c1-3-10-8-14(2)5-4-6-15(10)13(16)12-7-11(17)9-18-12/h7,9-10,17H,3-6,8H2,1-2H3. The van der Waals surface area contributed by atoms with Gasteiger partial charge in [-0.3, -0.25) is 4.79 Å². The van der Waals surface area contributed by atoms with E-state index in [2.05, 4.69) is 31.5 Å². The van der Waals surface area contributed by atoms with Gasteiger partial charge in [0.05, 0.1) is 4.88 Å². The number of nitrogens with zero attached hydrogens (tertiary/aromatic N) is 2. The van der Waals surface area contributed by atoms with E-state index in [4.69, 9.17) is 0 Å². The minimum absolute atomic E-state index is 0.169. The van der Waals surface area contributed by atoms with Gasteiger partial charge < -0.3 is 9.80 Å². The number of rotatable bonds is 2. The maximum Gasteiger partial charge on any atom is 0.264 e. The number of carbonyl (C=O) groups excluding carboxylic acids is 1. The number of hydrogen-bond donors (Lipinski definition) is 1. The van der Waals surface area contributed by atoms with Gasteiger partial charge in [0.1, 0.15) is 0 Å². The minimum atomic E-state index is 0.169. The first-order valence-electron chi connectivity index (χ1n) is 6.38. The fraction of sp³-hybridized carbons (Fsp3) is 0.615. The number of thiol groups is 1. The van der Waals surface area contributed by atoms with Crippen LogP contribution in [0.2, 0.25) is 0 Å². The van der Waals surface area contributed by atoms with Gasteiger partial charge >= 0.3 is 0 Å². The van der Waals surface area contributed by atoms with Gasteiger partial charge in [0.25, 0.3) is 5.91 Å². The number of likely N-dealkylation sites (N-methyl/N-ethyl adjacent to an activating group) is 1. The molecule has 1 saturated heterocycles. The second-order valence-corrected chi connectivity index (χ2v) is 6.27. The molecule has 2 rings (SSSR count). The lowest BCUT2D eigenvalue weighted by atomic mass is 10.2. The fourth-order valence-electron chi connectivity index (χ4n) is 2.44. The van der Waals surface area contributed by atoms with Crippen molar-refractivity contribution < 1.29 is 4.79 Å². The zero-order valence-corrected chi connectivity index (χ0v) is 12.6. The molecule has 1 amide bonds. The molecule has 3 nitrogen and oxygen atoms in total. The minimum Gasteiger partial charge on any atom is -0.334 e. The van der Waals surface area contributed by atoms with Crippen LogP contribution >= 0.6 is 24.0 Å². The van der Waals surface area contributed by atoms with Crippen LogP contribution in [0.3, 0.4) is 0 Å². The summed E-state index contributed by atoms with van der Waals surface area (Å²) in [7, 11) is 2.13. The second kappa shape index (κ2) is 6.08. The van der Waals surface area contributed by atoms with Crippen molar-refractivity contribution in [3.63, 3.8) is 0 Å². The Balaban J connectivity index is 2.16. The summed E-state index contributed by atoms with van der Waals surface area (Å²) in [5.41, 5.74) is 0. The van der Waals surface area contributed by atoms with Crippen molar-refractivity contribution in [3.8, 4) is 0 Å². The third-order valence-corrected chi connectivity index (χ3v) is 4.78. The molecule has 2 heterocycles. The molecule has 0 aliphatic carbocycles. The van der Waals surface area contributed by atoms with Crippen LogP contribution in [0.25, 0.3) is 0 Å². The van der Waals surface area contributed by atoms with Crippen LogP contribution in [0.15, 0.2) is 16.3 Å². The van der Waals surface area contributed by atoms with E-state index >= 15 is 0 Å². The molecular weight excluding hydrogens is 264 g/mol. The third kappa shape index (κ3) is 3.08. The zero-order valence-electron chi connectivity index (χ0n) is 10.9. The lowest BCUT2D eigenvalue weighted by molar-refractivity contribution is 0.0680. The molecule has 1 aromatic heterocycles. The molecule has 0 aromatic carbocycles. The summed E-state index contributed by atoms with van der Waals surface area (Å²) < 4.78 is 0. The van der Waals surface area contributed by atoms with Crippen molar-refractivity contribution in [2.75, 3.05) is 26.7 Å². The van der Waals surface area contributed by atoms with E-state index in [-0.39, 0.29) is 5.91 Å². The summed E-state index contributed by atoms with van der Waals surface area (Å²) in [5.74, 6) is 0.169. The Morgan fingerprint density at radius 1 is 1.56 bits per heavy atom. The number of hydrogen-bond acceptors (Lipinski definition) is 4. The molecule has 1 fully saturated rings. The average molecular weight is 284 g/mol. The number of amides is 1. The van der Waals surface area contributed by atoms with Crippen LogP contribution in [0, 0.1) is 0 Å². The summed E-state index contributed by atoms with van der Waals surface area (Å²) in [6.07, 6.45) is 2.06. The van der Waals surface area contributed by atoms with E-state index in [1.54, 1.807) is 0 Å². The molecule has 0 saturated carbocycles. The molecule has 18 heavy (non-hydrogen) atoms. The first-order chi connectivity index (χ1) is 8.61. The van der Waals surface area contributed by atoms with Crippen LogP contribution in [0.4, 0.5) is 0 Å². The highest BCUT2D eigenvalue weighted by Gasteiger charge is 2.27. The molecule has 100 valence electrons. The van der Waals surface area contributed by atoms with Gasteiger partial charge in [-0.15, -0.1) is 24.0 Å². The molecule has 0 spiro atoms. The van der Waals surface area contributed by atoms with Crippen molar-refractivity contribution >= 4 is 29.9 Å². The maximum absolute atomic E-state index is 12.5. The van der Waals surface area contributed by atoms with Crippen LogP contribution < -0.4 is 0 Å². The van der Waals surface area contributed by atoms with Crippen LogP contribution in [-0.4, -0.2) is 48.4 Å². The summed E-state index contributed by atoms with van der Waals surface area (Å²) >= 11 is 5.77. The van der Waals surface area contributed by atoms with Gasteiger partial charge in [0.15, 0.2) is 0 Å². The predicted octanol–water partition coefficient (Wildman–Crippen LogP) is 2.59. The molecule has 1 aliphatic rings. The Hall–Kier alpha value is -0.520. The predicted molar refractivity (Wildman–Crippen MR) is 78.8 cm³/mol. The smallest absolute Gasteiger partial charge is 0.264 e. The highest BCUT2D eigenvalue weighted by atomic mass is 32.1. The Bertz CT molecular complexity index is 419. The van der Waals surface area contributed by atoms with Crippen molar-refractivity contribution in [1.82, 2.24) is 9.80 Å². The van der Waals surface area contributed by atoms with E-state index in [1.165, 1.54) is 11.3 Å². The highest BCUT2D eigenvalue weighted by Crippen LogP contribution is 2.22. The third-order valence-electron chi connectivity index (χ3n) is 3.43. The van der Waals surface area contributed by atoms with E-state index in [0.29, 0.717) is 6.04 Å². The molecule has 1 atom stereocenters. The topological polar surface area (TPSA) is 23.6 Å². The van der Waals surface area contributed by atoms with Crippen LogP contribution in [-0.2, 0) is 0 Å². The fourth-order valence-corrected chi connectivity index (χ4v) is 3.54. The van der Waals surface area contributed by atoms with Gasteiger partial charge in [-0.05, 0) is 32.5 Å². The SMILES string of the molecule is CCC1CN(C)CCCN1C(=O)c1cc(S)cs1. The van der Waals surface area contributed by atoms with E-state index < -0.39 is 0 Å². The first-order valence-corrected chi connectivity index (χ1v) is 7.71. The quantitative estimate of drug-likeness (QED) is 0.844. The average Bonchev–Trinajstić information content (AvgIpc) is 2.68. The molecule has 0 radical (unpaired) electrons. The molecule has 1 aromatic rings. The molecule has 5 heteroatoms. The Morgan fingerprint density at radius 3 is 2.94 bits per heavy atom. The number of thiophene rings is 1. The van der Waals surface area contributed by atoms with Gasteiger partial charge in [-0.1, -0.05) is 6.92 Å². The summed E-state index contributed by atoms with van der Waals surface area (Å²) in [6, 6.07) is 2.20. The van der Waals surface area contributed by atoms with Crippen LogP contribution in [0.1, 0.15) is 29.4 Å². The normalized spacial score (nSPS) is 21.9. The Kier molecular flexibility index (Phi) is 4.70. The van der Waals surface area contributed by atoms with Crippen molar-refractivity contribution in [2.24, 2.45) is 0 Å². The van der Waals surface area contributed by atoms with Gasteiger partial charge in [0, 0.05) is 29.4 Å². The summed E-state index contributed by atoms with van der Waals surface area (Å²) in [4.78, 5) is 18.6. The summed E-state index contributed by atoms with van der Waals surface area (Å²) in [5, 5.41) is 1.92. The van der Waals surface area contributed by atoms with E-state index in [0.717, 1.165) is 42.2 Å². The lowest BCUT2D eigenvalue weighted by Gasteiger charge is -2.29. The number of carbonyl (C=O) groups is 1. The molecule has 0 N–H and O–H groups in total. The van der Waals surface area contributed by atoms with Gasteiger partial charge in [-0.2, -0.15) is 0 Å². The van der Waals surface area contributed by atoms with Gasteiger partial charge in [-0.25, -0.2) is 0 Å². The zero-order chi connectivity index (χ0) is 13.1. The Labute approximate surface area is 118 Å². The Morgan fingerprint density at radius 2 is 2.33 bits per heavy atom. The maximum atomic E-state index is 12.5. The monoisotopic (exact) mass is 284 g/mol. The molecule has 0 bridgehead atoms. The molecule has 1 unspecified atom stereocenters. The van der Waals surface area contributed by atoms with Crippen molar-refractivity contribution in [1.29, 1.82) is 0 Å². The largest absolute Gasteiger partial charge is 0.334 e. The molecule has 1 aliphatic heterocycles. The first kappa shape index (κ1) is 13.9. The highest BCUT2D eigenvalue weighted by molar-refractivity contribution is 7.80. The molecular formula is C13H20N2OS2. The van der Waals surface area contributed by atoms with Crippen molar-refractivity contribution in [3.05, 3.63) is 16.3 Å². The lowest BCUT2D eigenvalue weighted by Crippen LogP contribution is -2.43. The second-order valence-electron chi connectivity index (χ2n) is 4.85. The van der Waals surface area contributed by atoms with Crippen LogP contribution in [0.5, 0.6) is 0 Å². The van der Waals surface area contributed by atoms with E-state index in [9.17, 15) is 4.79 Å². The van der Waals surface area contributed by atoms with Gasteiger partial charge in [0.2, 0.25) is 0 Å². The van der Waals surface area contributed by atoms with E-state index in [1.807, 2.05) is 16.3 Å². The van der Waals surface area contributed by atoms with Crippen molar-refractivity contribution in [2.45, 2.75) is 30.7 Å².